The monoisotopic (exact) mass is 212 g/mol. The maximum absolute atomic E-state index is 12.9. The Bertz CT molecular complexity index is 318. The Morgan fingerprint density at radius 1 is 1.36 bits per heavy atom. The van der Waals surface area contributed by atoms with Crippen molar-refractivity contribution in [2.75, 3.05) is 5.88 Å². The van der Waals surface area contributed by atoms with Gasteiger partial charge in [-0.2, -0.15) is 0 Å². The van der Waals surface area contributed by atoms with Crippen molar-refractivity contribution in [2.45, 2.75) is 19.8 Å². The molecule has 0 heterocycles. The van der Waals surface area contributed by atoms with E-state index in [0.29, 0.717) is 5.88 Å². The Morgan fingerprint density at radius 3 is 2.86 bits per heavy atom. The van der Waals surface area contributed by atoms with E-state index in [1.807, 2.05) is 19.1 Å². The van der Waals surface area contributed by atoms with Gasteiger partial charge in [-0.25, -0.2) is 4.39 Å². The Balaban J connectivity index is 2.62. The van der Waals surface area contributed by atoms with Crippen molar-refractivity contribution in [1.82, 2.24) is 0 Å². The van der Waals surface area contributed by atoms with Crippen LogP contribution in [0.5, 0.6) is 0 Å². The second-order valence-corrected chi connectivity index (χ2v) is 3.60. The molecule has 1 aromatic carbocycles. The number of benzene rings is 1. The summed E-state index contributed by atoms with van der Waals surface area (Å²) in [6.45, 7) is 1.99. The van der Waals surface area contributed by atoms with Gasteiger partial charge in [-0.05, 0) is 43.0 Å². The molecule has 0 aliphatic heterocycles. The third-order valence-corrected chi connectivity index (χ3v) is 2.31. The summed E-state index contributed by atoms with van der Waals surface area (Å²) in [4.78, 5) is 0. The van der Waals surface area contributed by atoms with Gasteiger partial charge in [0.2, 0.25) is 0 Å². The lowest BCUT2D eigenvalue weighted by molar-refractivity contribution is 0.625. The second-order valence-electron chi connectivity index (χ2n) is 3.22. The van der Waals surface area contributed by atoms with Crippen LogP contribution in [0.25, 0.3) is 0 Å². The average Bonchev–Trinajstić information content (AvgIpc) is 2.18. The van der Waals surface area contributed by atoms with E-state index in [4.69, 9.17) is 11.6 Å². The normalized spacial score (nSPS) is 11.1. The standard InChI is InChI=1S/C12H14ClF/c1-10-6-7-12(14)9-11(10)5-3-2-4-8-13/h2-3,6-7,9H,4-5,8H2,1H3/b3-2+. The smallest absolute Gasteiger partial charge is 0.123 e. The van der Waals surface area contributed by atoms with E-state index in [0.717, 1.165) is 24.0 Å². The van der Waals surface area contributed by atoms with Gasteiger partial charge in [-0.15, -0.1) is 11.6 Å². The highest BCUT2D eigenvalue weighted by Gasteiger charge is 1.97. The van der Waals surface area contributed by atoms with E-state index < -0.39 is 0 Å². The molecule has 0 saturated heterocycles. The predicted octanol–water partition coefficient (Wildman–Crippen LogP) is 3.86. The number of allylic oxidation sites excluding steroid dienone is 2. The molecule has 0 fully saturated rings. The molecule has 0 spiro atoms. The largest absolute Gasteiger partial charge is 0.207 e. The van der Waals surface area contributed by atoms with Crippen molar-refractivity contribution in [3.05, 3.63) is 47.3 Å². The Kier molecular flexibility index (Phi) is 4.68. The first-order chi connectivity index (χ1) is 6.74. The quantitative estimate of drug-likeness (QED) is 0.525. The van der Waals surface area contributed by atoms with Gasteiger partial charge in [-0.3, -0.25) is 0 Å². The molecule has 0 bridgehead atoms. The minimum atomic E-state index is -0.170. The predicted molar refractivity (Wildman–Crippen MR) is 59.3 cm³/mol. The molecular formula is C12H14ClF. The number of rotatable bonds is 4. The lowest BCUT2D eigenvalue weighted by atomic mass is 10.1. The zero-order valence-electron chi connectivity index (χ0n) is 8.26. The first-order valence-corrected chi connectivity index (χ1v) is 5.23. The number of hydrogen-bond donors (Lipinski definition) is 0. The summed E-state index contributed by atoms with van der Waals surface area (Å²) >= 11 is 5.53. The van der Waals surface area contributed by atoms with Gasteiger partial charge in [0.05, 0.1) is 0 Å². The van der Waals surface area contributed by atoms with Crippen LogP contribution in [0.15, 0.2) is 30.4 Å². The Morgan fingerprint density at radius 2 is 2.14 bits per heavy atom. The maximum Gasteiger partial charge on any atom is 0.123 e. The first-order valence-electron chi connectivity index (χ1n) is 4.70. The van der Waals surface area contributed by atoms with Crippen LogP contribution in [-0.4, -0.2) is 5.88 Å². The fourth-order valence-electron chi connectivity index (χ4n) is 1.25. The van der Waals surface area contributed by atoms with Gasteiger partial charge in [0, 0.05) is 5.88 Å². The van der Waals surface area contributed by atoms with Crippen molar-refractivity contribution in [2.24, 2.45) is 0 Å². The van der Waals surface area contributed by atoms with E-state index >= 15 is 0 Å². The van der Waals surface area contributed by atoms with Gasteiger partial charge in [0.25, 0.3) is 0 Å². The molecule has 76 valence electrons. The maximum atomic E-state index is 12.9. The van der Waals surface area contributed by atoms with E-state index in [2.05, 4.69) is 0 Å². The molecule has 1 aromatic rings. The molecule has 0 aromatic heterocycles. The fraction of sp³-hybridized carbons (Fsp3) is 0.333. The summed E-state index contributed by atoms with van der Waals surface area (Å²) < 4.78 is 12.9. The number of aryl methyl sites for hydroxylation is 1. The zero-order valence-corrected chi connectivity index (χ0v) is 9.02. The van der Waals surface area contributed by atoms with E-state index in [9.17, 15) is 4.39 Å². The molecule has 0 saturated carbocycles. The van der Waals surface area contributed by atoms with Crippen molar-refractivity contribution in [3.8, 4) is 0 Å². The summed E-state index contributed by atoms with van der Waals surface area (Å²) in [5, 5.41) is 0. The summed E-state index contributed by atoms with van der Waals surface area (Å²) in [6, 6.07) is 4.88. The molecule has 0 aliphatic rings. The van der Waals surface area contributed by atoms with Crippen LogP contribution in [-0.2, 0) is 6.42 Å². The van der Waals surface area contributed by atoms with Crippen LogP contribution in [0.3, 0.4) is 0 Å². The molecule has 2 heteroatoms. The molecule has 0 aliphatic carbocycles. The second kappa shape index (κ2) is 5.82. The Hall–Kier alpha value is -0.820. The van der Waals surface area contributed by atoms with Gasteiger partial charge < -0.3 is 0 Å². The highest BCUT2D eigenvalue weighted by atomic mass is 35.5. The third kappa shape index (κ3) is 3.51. The molecule has 0 N–H and O–H groups in total. The lowest BCUT2D eigenvalue weighted by Gasteiger charge is -2.01. The molecule has 1 rings (SSSR count). The van der Waals surface area contributed by atoms with Crippen LogP contribution in [0.4, 0.5) is 4.39 Å². The summed E-state index contributed by atoms with van der Waals surface area (Å²) in [5.41, 5.74) is 2.16. The van der Waals surface area contributed by atoms with Gasteiger partial charge >= 0.3 is 0 Å². The van der Waals surface area contributed by atoms with Crippen molar-refractivity contribution in [3.63, 3.8) is 0 Å². The van der Waals surface area contributed by atoms with Crippen LogP contribution >= 0.6 is 11.6 Å². The highest BCUT2D eigenvalue weighted by Crippen LogP contribution is 2.11. The summed E-state index contributed by atoms with van der Waals surface area (Å²) in [7, 11) is 0. The first kappa shape index (κ1) is 11.3. The minimum Gasteiger partial charge on any atom is -0.207 e. The minimum absolute atomic E-state index is 0.170. The van der Waals surface area contributed by atoms with Crippen LogP contribution < -0.4 is 0 Å². The molecule has 0 amide bonds. The van der Waals surface area contributed by atoms with E-state index in [1.165, 1.54) is 6.07 Å². The van der Waals surface area contributed by atoms with E-state index in [1.54, 1.807) is 12.1 Å². The highest BCUT2D eigenvalue weighted by molar-refractivity contribution is 6.17. The SMILES string of the molecule is Cc1ccc(F)cc1C/C=C/CCCl. The Labute approximate surface area is 89.4 Å². The van der Waals surface area contributed by atoms with Gasteiger partial charge in [-0.1, -0.05) is 18.2 Å². The third-order valence-electron chi connectivity index (χ3n) is 2.09. The zero-order chi connectivity index (χ0) is 10.4. The number of alkyl halides is 1. The number of halogens is 2. The molecule has 0 nitrogen and oxygen atoms in total. The van der Waals surface area contributed by atoms with Crippen LogP contribution in [0.1, 0.15) is 17.5 Å². The van der Waals surface area contributed by atoms with Gasteiger partial charge in [0.15, 0.2) is 0 Å². The fourth-order valence-corrected chi connectivity index (χ4v) is 1.38. The van der Waals surface area contributed by atoms with Crippen molar-refractivity contribution >= 4 is 11.6 Å². The molecule has 0 unspecified atom stereocenters. The lowest BCUT2D eigenvalue weighted by Crippen LogP contribution is -1.88. The molecule has 14 heavy (non-hydrogen) atoms. The van der Waals surface area contributed by atoms with Gasteiger partial charge in [0.1, 0.15) is 5.82 Å². The van der Waals surface area contributed by atoms with Crippen molar-refractivity contribution < 1.29 is 4.39 Å². The van der Waals surface area contributed by atoms with Crippen molar-refractivity contribution in [1.29, 1.82) is 0 Å². The van der Waals surface area contributed by atoms with E-state index in [-0.39, 0.29) is 5.82 Å². The topological polar surface area (TPSA) is 0 Å². The van der Waals surface area contributed by atoms with Crippen LogP contribution in [0, 0.1) is 12.7 Å². The molecule has 0 atom stereocenters. The summed E-state index contributed by atoms with van der Waals surface area (Å²) in [5.74, 6) is 0.467. The molecular weight excluding hydrogens is 199 g/mol. The average molecular weight is 213 g/mol. The van der Waals surface area contributed by atoms with Crippen LogP contribution in [0.2, 0.25) is 0 Å². The molecule has 0 radical (unpaired) electrons. The summed E-state index contributed by atoms with van der Waals surface area (Å²) in [6.07, 6.45) is 5.71. The number of hydrogen-bond acceptors (Lipinski definition) is 0.